The molecule has 2 aromatic heterocycles. The van der Waals surface area contributed by atoms with E-state index in [9.17, 15) is 9.59 Å². The van der Waals surface area contributed by atoms with Crippen LogP contribution < -0.4 is 10.9 Å². The Morgan fingerprint density at radius 1 is 1.32 bits per heavy atom. The average molecular weight is 478 g/mol. The Morgan fingerprint density at radius 2 is 2.18 bits per heavy atom. The summed E-state index contributed by atoms with van der Waals surface area (Å²) in [6, 6.07) is 7.86. The molecule has 3 aromatic rings. The number of aromatic amines is 1. The molecular weight excluding hydrogens is 458 g/mol. The fourth-order valence-corrected chi connectivity index (χ4v) is 5.86. The van der Waals surface area contributed by atoms with E-state index in [0.717, 1.165) is 39.5 Å². The van der Waals surface area contributed by atoms with Crippen molar-refractivity contribution in [3.8, 4) is 0 Å². The highest BCUT2D eigenvalue weighted by Crippen LogP contribution is 2.33. The van der Waals surface area contributed by atoms with E-state index in [1.165, 1.54) is 28.6 Å². The number of aromatic nitrogens is 2. The molecular formula is C20H20BrN3O2S2. The number of thiophene rings is 1. The van der Waals surface area contributed by atoms with Crippen molar-refractivity contribution in [1.29, 1.82) is 0 Å². The Morgan fingerprint density at radius 3 is 3.04 bits per heavy atom. The number of fused-ring (bicyclic) bond motifs is 3. The summed E-state index contributed by atoms with van der Waals surface area (Å²) in [5.74, 6) is 1.45. The molecule has 0 spiro atoms. The van der Waals surface area contributed by atoms with E-state index in [1.54, 1.807) is 11.3 Å². The number of amides is 1. The molecule has 0 unspecified atom stereocenters. The van der Waals surface area contributed by atoms with Crippen LogP contribution in [0.15, 0.2) is 33.5 Å². The molecule has 2 heterocycles. The molecule has 0 radical (unpaired) electrons. The fourth-order valence-electron chi connectivity index (χ4n) is 3.42. The Hall–Kier alpha value is -1.64. The van der Waals surface area contributed by atoms with Crippen molar-refractivity contribution in [1.82, 2.24) is 15.3 Å². The SMILES string of the molecule is O=C(CSCc1nc2sc3c(c2c(=O)[nH]1)CCCC3)NCc1cccc(Br)c1. The van der Waals surface area contributed by atoms with Crippen LogP contribution in [-0.4, -0.2) is 21.6 Å². The number of rotatable bonds is 6. The van der Waals surface area contributed by atoms with E-state index in [1.807, 2.05) is 24.3 Å². The molecule has 28 heavy (non-hydrogen) atoms. The number of carbonyl (C=O) groups is 1. The normalized spacial score (nSPS) is 13.5. The lowest BCUT2D eigenvalue weighted by Gasteiger charge is -2.09. The van der Waals surface area contributed by atoms with E-state index in [2.05, 4.69) is 31.2 Å². The van der Waals surface area contributed by atoms with Crippen LogP contribution in [0, 0.1) is 0 Å². The summed E-state index contributed by atoms with van der Waals surface area (Å²) >= 11 is 6.53. The van der Waals surface area contributed by atoms with Gasteiger partial charge in [0.2, 0.25) is 5.91 Å². The zero-order chi connectivity index (χ0) is 19.5. The summed E-state index contributed by atoms with van der Waals surface area (Å²) in [5, 5.41) is 3.69. The second-order valence-electron chi connectivity index (χ2n) is 6.80. The molecule has 8 heteroatoms. The minimum absolute atomic E-state index is 0.0278. The molecule has 1 aliphatic rings. The maximum atomic E-state index is 12.5. The first kappa shape index (κ1) is 19.7. The third-order valence-electron chi connectivity index (χ3n) is 4.72. The van der Waals surface area contributed by atoms with E-state index < -0.39 is 0 Å². The third-order valence-corrected chi connectivity index (χ3v) is 7.35. The van der Waals surface area contributed by atoms with Gasteiger partial charge in [0.15, 0.2) is 0 Å². The first-order chi connectivity index (χ1) is 13.6. The molecule has 0 atom stereocenters. The molecule has 0 aliphatic heterocycles. The zero-order valence-corrected chi connectivity index (χ0v) is 18.4. The van der Waals surface area contributed by atoms with Crippen molar-refractivity contribution >= 4 is 55.2 Å². The number of nitrogens with one attached hydrogen (secondary N) is 2. The predicted molar refractivity (Wildman–Crippen MR) is 119 cm³/mol. The van der Waals surface area contributed by atoms with Gasteiger partial charge in [0.25, 0.3) is 5.56 Å². The van der Waals surface area contributed by atoms with Crippen molar-refractivity contribution in [2.24, 2.45) is 0 Å². The van der Waals surface area contributed by atoms with Gasteiger partial charge in [0, 0.05) is 15.9 Å². The lowest BCUT2D eigenvalue weighted by molar-refractivity contribution is -0.118. The summed E-state index contributed by atoms with van der Waals surface area (Å²) in [6.07, 6.45) is 4.37. The maximum absolute atomic E-state index is 12.5. The molecule has 0 saturated carbocycles. The van der Waals surface area contributed by atoms with Gasteiger partial charge in [-0.2, -0.15) is 0 Å². The van der Waals surface area contributed by atoms with E-state index in [-0.39, 0.29) is 11.5 Å². The van der Waals surface area contributed by atoms with Crippen LogP contribution in [0.2, 0.25) is 0 Å². The topological polar surface area (TPSA) is 74.8 Å². The van der Waals surface area contributed by atoms with Gasteiger partial charge in [0.1, 0.15) is 10.7 Å². The molecule has 0 saturated heterocycles. The Labute approximate surface area is 179 Å². The van der Waals surface area contributed by atoms with Gasteiger partial charge < -0.3 is 10.3 Å². The van der Waals surface area contributed by atoms with Crippen molar-refractivity contribution in [2.45, 2.75) is 38.0 Å². The molecule has 5 nitrogen and oxygen atoms in total. The maximum Gasteiger partial charge on any atom is 0.259 e. The van der Waals surface area contributed by atoms with Gasteiger partial charge in [-0.05, 0) is 48.9 Å². The Kier molecular flexibility index (Phi) is 6.18. The largest absolute Gasteiger partial charge is 0.351 e. The summed E-state index contributed by atoms with van der Waals surface area (Å²) in [6.45, 7) is 0.501. The highest BCUT2D eigenvalue weighted by molar-refractivity contribution is 9.10. The minimum Gasteiger partial charge on any atom is -0.351 e. The number of hydrogen-bond donors (Lipinski definition) is 2. The third kappa shape index (κ3) is 4.50. The summed E-state index contributed by atoms with van der Waals surface area (Å²) in [5.41, 5.74) is 2.20. The molecule has 0 bridgehead atoms. The molecule has 1 aliphatic carbocycles. The van der Waals surface area contributed by atoms with Crippen molar-refractivity contribution in [3.63, 3.8) is 0 Å². The fraction of sp³-hybridized carbons (Fsp3) is 0.350. The minimum atomic E-state index is -0.0425. The van der Waals surface area contributed by atoms with Crippen LogP contribution in [0.25, 0.3) is 10.2 Å². The van der Waals surface area contributed by atoms with Gasteiger partial charge in [-0.1, -0.05) is 28.1 Å². The average Bonchev–Trinajstić information content (AvgIpc) is 3.05. The Balaban J connectivity index is 1.34. The van der Waals surface area contributed by atoms with Crippen LogP contribution in [0.3, 0.4) is 0 Å². The van der Waals surface area contributed by atoms with Crippen molar-refractivity contribution < 1.29 is 4.79 Å². The summed E-state index contributed by atoms with van der Waals surface area (Å²) in [4.78, 5) is 34.3. The highest BCUT2D eigenvalue weighted by Gasteiger charge is 2.19. The lowest BCUT2D eigenvalue weighted by Crippen LogP contribution is -2.24. The van der Waals surface area contributed by atoms with Crippen LogP contribution in [-0.2, 0) is 29.9 Å². The molecule has 1 amide bonds. The summed E-state index contributed by atoms with van der Waals surface area (Å²) < 4.78 is 0.995. The summed E-state index contributed by atoms with van der Waals surface area (Å²) in [7, 11) is 0. The molecule has 4 rings (SSSR count). The van der Waals surface area contributed by atoms with Gasteiger partial charge in [0.05, 0.1) is 16.9 Å². The predicted octanol–water partition coefficient (Wildman–Crippen LogP) is 4.18. The monoisotopic (exact) mass is 477 g/mol. The van der Waals surface area contributed by atoms with Crippen molar-refractivity contribution in [3.05, 3.63) is 60.9 Å². The van der Waals surface area contributed by atoms with Crippen molar-refractivity contribution in [2.75, 3.05) is 5.75 Å². The highest BCUT2D eigenvalue weighted by atomic mass is 79.9. The number of aryl methyl sites for hydroxylation is 2. The lowest BCUT2D eigenvalue weighted by atomic mass is 9.97. The number of halogens is 1. The number of benzene rings is 1. The number of nitrogens with zero attached hydrogens (tertiary/aromatic N) is 1. The number of H-pyrrole nitrogens is 1. The first-order valence-electron chi connectivity index (χ1n) is 9.22. The molecule has 1 aromatic carbocycles. The zero-order valence-electron chi connectivity index (χ0n) is 15.2. The number of carbonyl (C=O) groups excluding carboxylic acids is 1. The van der Waals surface area contributed by atoms with Gasteiger partial charge in [-0.3, -0.25) is 9.59 Å². The molecule has 0 fully saturated rings. The first-order valence-corrected chi connectivity index (χ1v) is 12.0. The van der Waals surface area contributed by atoms with Crippen LogP contribution >= 0.6 is 39.0 Å². The molecule has 146 valence electrons. The van der Waals surface area contributed by atoms with Gasteiger partial charge >= 0.3 is 0 Å². The number of hydrogen-bond acceptors (Lipinski definition) is 5. The van der Waals surface area contributed by atoms with E-state index >= 15 is 0 Å². The van der Waals surface area contributed by atoms with E-state index in [0.29, 0.717) is 23.9 Å². The van der Waals surface area contributed by atoms with Crippen LogP contribution in [0.4, 0.5) is 0 Å². The Bertz CT molecular complexity index is 1080. The van der Waals surface area contributed by atoms with Crippen LogP contribution in [0.5, 0.6) is 0 Å². The van der Waals surface area contributed by atoms with Gasteiger partial charge in [-0.15, -0.1) is 23.1 Å². The quantitative estimate of drug-likeness (QED) is 0.558. The number of thioether (sulfide) groups is 1. The smallest absolute Gasteiger partial charge is 0.259 e. The second-order valence-corrected chi connectivity index (χ2v) is 9.79. The van der Waals surface area contributed by atoms with E-state index in [4.69, 9.17) is 0 Å². The van der Waals surface area contributed by atoms with Crippen LogP contribution in [0.1, 0.15) is 34.7 Å². The second kappa shape index (κ2) is 8.80. The van der Waals surface area contributed by atoms with Gasteiger partial charge in [-0.25, -0.2) is 4.98 Å². The standard InChI is InChI=1S/C20H20BrN3O2S2/c21-13-5-3-4-12(8-13)9-22-17(25)11-27-10-16-23-19(26)18-14-6-1-2-7-15(14)28-20(18)24-16/h3-5,8H,1-2,6-7,9-11H2,(H,22,25)(H,23,24,26). The molecule has 2 N–H and O–H groups in total.